The summed E-state index contributed by atoms with van der Waals surface area (Å²) in [5.74, 6) is 0.629. The Bertz CT molecular complexity index is 439. The molecule has 1 aromatic rings. The Morgan fingerprint density at radius 3 is 2.41 bits per heavy atom. The normalized spacial score (nSPS) is 21.4. The van der Waals surface area contributed by atoms with Crippen LogP contribution >= 0.6 is 0 Å². The SMILES string of the molecule is Fc1ccc(CN(CC2CCNCC2)C2CCOCC2)cc1. The van der Waals surface area contributed by atoms with Crippen molar-refractivity contribution in [3.63, 3.8) is 0 Å². The molecule has 2 aliphatic rings. The minimum Gasteiger partial charge on any atom is -0.381 e. The molecule has 4 heteroatoms. The van der Waals surface area contributed by atoms with E-state index >= 15 is 0 Å². The van der Waals surface area contributed by atoms with Gasteiger partial charge >= 0.3 is 0 Å². The van der Waals surface area contributed by atoms with Crippen LogP contribution in [0.25, 0.3) is 0 Å². The van der Waals surface area contributed by atoms with E-state index in [1.807, 2.05) is 12.1 Å². The number of halogens is 1. The molecule has 2 aliphatic heterocycles. The minimum absolute atomic E-state index is 0.153. The summed E-state index contributed by atoms with van der Waals surface area (Å²) < 4.78 is 18.6. The highest BCUT2D eigenvalue weighted by atomic mass is 19.1. The first-order valence-corrected chi connectivity index (χ1v) is 8.58. The van der Waals surface area contributed by atoms with Gasteiger partial charge in [-0.1, -0.05) is 12.1 Å². The molecule has 0 saturated carbocycles. The lowest BCUT2D eigenvalue weighted by Crippen LogP contribution is -2.43. The summed E-state index contributed by atoms with van der Waals surface area (Å²) in [4.78, 5) is 2.62. The van der Waals surface area contributed by atoms with Crippen LogP contribution in [0.1, 0.15) is 31.2 Å². The van der Waals surface area contributed by atoms with Crippen LogP contribution in [-0.2, 0) is 11.3 Å². The molecule has 0 aromatic heterocycles. The van der Waals surface area contributed by atoms with E-state index in [0.717, 1.165) is 58.2 Å². The molecule has 2 fully saturated rings. The van der Waals surface area contributed by atoms with Crippen molar-refractivity contribution in [2.24, 2.45) is 5.92 Å². The summed E-state index contributed by atoms with van der Waals surface area (Å²) in [5, 5.41) is 3.44. The van der Waals surface area contributed by atoms with Crippen LogP contribution in [0.5, 0.6) is 0 Å². The molecule has 3 rings (SSSR count). The van der Waals surface area contributed by atoms with Crippen molar-refractivity contribution in [3.8, 4) is 0 Å². The lowest BCUT2D eigenvalue weighted by atomic mass is 9.95. The van der Waals surface area contributed by atoms with Gasteiger partial charge in [-0.2, -0.15) is 0 Å². The van der Waals surface area contributed by atoms with Gasteiger partial charge in [0, 0.05) is 32.3 Å². The molecule has 22 heavy (non-hydrogen) atoms. The third-order valence-electron chi connectivity index (χ3n) is 4.96. The molecule has 3 nitrogen and oxygen atoms in total. The number of piperidine rings is 1. The minimum atomic E-state index is -0.153. The number of benzene rings is 1. The Kier molecular flexibility index (Phi) is 5.82. The molecular weight excluding hydrogens is 279 g/mol. The van der Waals surface area contributed by atoms with E-state index in [4.69, 9.17) is 4.74 Å². The molecule has 2 heterocycles. The van der Waals surface area contributed by atoms with Crippen molar-refractivity contribution in [1.82, 2.24) is 10.2 Å². The zero-order valence-corrected chi connectivity index (χ0v) is 13.3. The average Bonchev–Trinajstić information content (AvgIpc) is 2.58. The fourth-order valence-corrected chi connectivity index (χ4v) is 3.61. The van der Waals surface area contributed by atoms with Gasteiger partial charge in [0.25, 0.3) is 0 Å². The first kappa shape index (κ1) is 15.9. The van der Waals surface area contributed by atoms with Gasteiger partial charge in [-0.25, -0.2) is 4.39 Å². The van der Waals surface area contributed by atoms with Crippen molar-refractivity contribution in [1.29, 1.82) is 0 Å². The van der Waals surface area contributed by atoms with Crippen LogP contribution < -0.4 is 5.32 Å². The molecule has 2 saturated heterocycles. The smallest absolute Gasteiger partial charge is 0.123 e. The molecule has 0 radical (unpaired) electrons. The monoisotopic (exact) mass is 306 g/mol. The van der Waals surface area contributed by atoms with Crippen LogP contribution in [-0.4, -0.2) is 43.8 Å². The number of rotatable bonds is 5. The van der Waals surface area contributed by atoms with Crippen molar-refractivity contribution >= 4 is 0 Å². The van der Waals surface area contributed by atoms with Crippen molar-refractivity contribution in [2.45, 2.75) is 38.3 Å². The van der Waals surface area contributed by atoms with E-state index in [0.29, 0.717) is 6.04 Å². The van der Waals surface area contributed by atoms with E-state index in [2.05, 4.69) is 10.2 Å². The molecule has 0 atom stereocenters. The van der Waals surface area contributed by atoms with Gasteiger partial charge in [0.1, 0.15) is 5.82 Å². The molecule has 0 bridgehead atoms. The van der Waals surface area contributed by atoms with Gasteiger partial charge in [0.15, 0.2) is 0 Å². The van der Waals surface area contributed by atoms with E-state index < -0.39 is 0 Å². The van der Waals surface area contributed by atoms with Gasteiger partial charge in [-0.15, -0.1) is 0 Å². The number of nitrogens with zero attached hydrogens (tertiary/aromatic N) is 1. The molecule has 0 amide bonds. The van der Waals surface area contributed by atoms with Gasteiger partial charge < -0.3 is 10.1 Å². The van der Waals surface area contributed by atoms with Gasteiger partial charge in [-0.05, 0) is 62.4 Å². The number of nitrogens with one attached hydrogen (secondary N) is 1. The highest BCUT2D eigenvalue weighted by Crippen LogP contribution is 2.22. The van der Waals surface area contributed by atoms with E-state index in [1.165, 1.54) is 18.4 Å². The lowest BCUT2D eigenvalue weighted by Gasteiger charge is -2.37. The molecular formula is C18H27FN2O. The maximum atomic E-state index is 13.1. The Morgan fingerprint density at radius 1 is 1.05 bits per heavy atom. The predicted molar refractivity (Wildman–Crippen MR) is 86.2 cm³/mol. The molecule has 122 valence electrons. The van der Waals surface area contributed by atoms with Crippen molar-refractivity contribution in [2.75, 3.05) is 32.8 Å². The second kappa shape index (κ2) is 8.04. The summed E-state index contributed by atoms with van der Waals surface area (Å²) in [6.45, 7) is 6.11. The second-order valence-electron chi connectivity index (χ2n) is 6.59. The predicted octanol–water partition coefficient (Wildman–Crippen LogP) is 2.81. The van der Waals surface area contributed by atoms with E-state index in [9.17, 15) is 4.39 Å². The Hall–Kier alpha value is -0.970. The zero-order chi connectivity index (χ0) is 15.2. The maximum Gasteiger partial charge on any atom is 0.123 e. The number of hydrogen-bond acceptors (Lipinski definition) is 3. The summed E-state index contributed by atoms with van der Waals surface area (Å²) in [6.07, 6.45) is 4.77. The Labute approximate surface area is 132 Å². The van der Waals surface area contributed by atoms with Crippen molar-refractivity contribution < 1.29 is 9.13 Å². The van der Waals surface area contributed by atoms with Crippen LogP contribution in [0.15, 0.2) is 24.3 Å². The third kappa shape index (κ3) is 4.51. The standard InChI is InChI=1S/C18H27FN2O/c19-17-3-1-15(2-4-17)13-21(18-7-11-22-12-8-18)14-16-5-9-20-10-6-16/h1-4,16,18,20H,5-14H2. The molecule has 0 unspecified atom stereocenters. The largest absolute Gasteiger partial charge is 0.381 e. The lowest BCUT2D eigenvalue weighted by molar-refractivity contribution is 0.0229. The maximum absolute atomic E-state index is 13.1. The highest BCUT2D eigenvalue weighted by molar-refractivity contribution is 5.16. The summed E-state index contributed by atoms with van der Waals surface area (Å²) in [5.41, 5.74) is 1.21. The summed E-state index contributed by atoms with van der Waals surface area (Å²) in [6, 6.07) is 7.59. The van der Waals surface area contributed by atoms with E-state index in [1.54, 1.807) is 12.1 Å². The van der Waals surface area contributed by atoms with Gasteiger partial charge in [0.05, 0.1) is 0 Å². The van der Waals surface area contributed by atoms with Gasteiger partial charge in [0.2, 0.25) is 0 Å². The Balaban J connectivity index is 1.65. The quantitative estimate of drug-likeness (QED) is 0.905. The van der Waals surface area contributed by atoms with Crippen LogP contribution in [0, 0.1) is 11.7 Å². The van der Waals surface area contributed by atoms with Gasteiger partial charge in [-0.3, -0.25) is 4.90 Å². The second-order valence-corrected chi connectivity index (χ2v) is 6.59. The molecule has 0 aliphatic carbocycles. The Morgan fingerprint density at radius 2 is 1.73 bits per heavy atom. The fraction of sp³-hybridized carbons (Fsp3) is 0.667. The fourth-order valence-electron chi connectivity index (χ4n) is 3.61. The molecule has 1 N–H and O–H groups in total. The van der Waals surface area contributed by atoms with Crippen LogP contribution in [0.2, 0.25) is 0 Å². The number of hydrogen-bond donors (Lipinski definition) is 1. The summed E-state index contributed by atoms with van der Waals surface area (Å²) >= 11 is 0. The molecule has 1 aromatic carbocycles. The number of ether oxygens (including phenoxy) is 1. The first-order valence-electron chi connectivity index (χ1n) is 8.58. The topological polar surface area (TPSA) is 24.5 Å². The van der Waals surface area contributed by atoms with Crippen molar-refractivity contribution in [3.05, 3.63) is 35.6 Å². The van der Waals surface area contributed by atoms with Crippen LogP contribution in [0.3, 0.4) is 0 Å². The zero-order valence-electron chi connectivity index (χ0n) is 13.3. The molecule has 0 spiro atoms. The van der Waals surface area contributed by atoms with E-state index in [-0.39, 0.29) is 5.82 Å². The summed E-state index contributed by atoms with van der Waals surface area (Å²) in [7, 11) is 0. The first-order chi connectivity index (χ1) is 10.8. The average molecular weight is 306 g/mol. The van der Waals surface area contributed by atoms with Crippen LogP contribution in [0.4, 0.5) is 4.39 Å². The highest BCUT2D eigenvalue weighted by Gasteiger charge is 2.25. The third-order valence-corrected chi connectivity index (χ3v) is 4.96.